The summed E-state index contributed by atoms with van der Waals surface area (Å²) in [6.07, 6.45) is 0.574. The second-order valence-electron chi connectivity index (χ2n) is 7.52. The standard InChI is InChI=1S/C23H24ClFN2O4/c1-26(2)11-6-12-27-20(15-7-4-5-8-18(15)25)19(22(29)23(27)30)21(28)16-13-14(31-3)9-10-17(16)24/h4-5,7-10,13,20,28H,6,11-12H2,1-3H3/b21-19+. The summed E-state index contributed by atoms with van der Waals surface area (Å²) in [7, 11) is 5.25. The fraction of sp³-hybridized carbons (Fsp3) is 0.304. The lowest BCUT2D eigenvalue weighted by molar-refractivity contribution is -0.140. The minimum absolute atomic E-state index is 0.132. The lowest BCUT2D eigenvalue weighted by Crippen LogP contribution is -2.32. The maximum Gasteiger partial charge on any atom is 0.295 e. The van der Waals surface area contributed by atoms with Gasteiger partial charge in [-0.1, -0.05) is 29.8 Å². The van der Waals surface area contributed by atoms with Gasteiger partial charge in [0.2, 0.25) is 0 Å². The van der Waals surface area contributed by atoms with Gasteiger partial charge in [-0.2, -0.15) is 0 Å². The largest absolute Gasteiger partial charge is 0.507 e. The highest BCUT2D eigenvalue weighted by molar-refractivity contribution is 6.47. The van der Waals surface area contributed by atoms with Crippen LogP contribution < -0.4 is 4.74 Å². The summed E-state index contributed by atoms with van der Waals surface area (Å²) in [5, 5.41) is 11.2. The van der Waals surface area contributed by atoms with E-state index in [1.165, 1.54) is 42.3 Å². The number of carbonyl (C=O) groups is 2. The number of ether oxygens (including phenoxy) is 1. The van der Waals surface area contributed by atoms with Crippen molar-refractivity contribution in [2.24, 2.45) is 0 Å². The zero-order valence-electron chi connectivity index (χ0n) is 17.6. The number of rotatable bonds is 7. The Morgan fingerprint density at radius 2 is 1.94 bits per heavy atom. The number of carbonyl (C=O) groups excluding carboxylic acids is 2. The number of methoxy groups -OCH3 is 1. The van der Waals surface area contributed by atoms with E-state index in [0.717, 1.165) is 0 Å². The van der Waals surface area contributed by atoms with E-state index in [-0.39, 0.29) is 28.3 Å². The molecular weight excluding hydrogens is 423 g/mol. The van der Waals surface area contributed by atoms with Crippen LogP contribution in [0.1, 0.15) is 23.6 Å². The van der Waals surface area contributed by atoms with E-state index in [1.807, 2.05) is 19.0 Å². The summed E-state index contributed by atoms with van der Waals surface area (Å²) < 4.78 is 19.9. The number of benzene rings is 2. The highest BCUT2D eigenvalue weighted by Gasteiger charge is 2.46. The van der Waals surface area contributed by atoms with E-state index < -0.39 is 29.3 Å². The van der Waals surface area contributed by atoms with Crippen molar-refractivity contribution in [2.75, 3.05) is 34.3 Å². The second kappa shape index (κ2) is 9.49. The molecule has 1 unspecified atom stereocenters. The van der Waals surface area contributed by atoms with Crippen LogP contribution in [0.25, 0.3) is 5.76 Å². The molecule has 3 rings (SSSR count). The Hall–Kier alpha value is -2.90. The minimum atomic E-state index is -1.06. The van der Waals surface area contributed by atoms with Crippen LogP contribution in [-0.2, 0) is 9.59 Å². The number of Topliss-reactive ketones (excluding diaryl/α,β-unsaturated/α-hetero) is 1. The zero-order chi connectivity index (χ0) is 22.7. The fourth-order valence-corrected chi connectivity index (χ4v) is 3.85. The summed E-state index contributed by atoms with van der Waals surface area (Å²) in [5.74, 6) is -2.30. The molecule has 1 fully saturated rings. The van der Waals surface area contributed by atoms with Gasteiger partial charge in [-0.3, -0.25) is 9.59 Å². The fourth-order valence-electron chi connectivity index (χ4n) is 3.65. The van der Waals surface area contributed by atoms with Crippen LogP contribution in [0.3, 0.4) is 0 Å². The first-order valence-corrected chi connectivity index (χ1v) is 10.2. The number of halogens is 2. The van der Waals surface area contributed by atoms with E-state index in [2.05, 4.69) is 0 Å². The van der Waals surface area contributed by atoms with Gasteiger partial charge in [0.25, 0.3) is 11.7 Å². The second-order valence-corrected chi connectivity index (χ2v) is 7.92. The molecule has 1 saturated heterocycles. The number of hydrogen-bond acceptors (Lipinski definition) is 5. The molecule has 31 heavy (non-hydrogen) atoms. The molecule has 1 amide bonds. The van der Waals surface area contributed by atoms with Gasteiger partial charge in [-0.15, -0.1) is 0 Å². The van der Waals surface area contributed by atoms with Crippen LogP contribution in [0, 0.1) is 5.82 Å². The summed E-state index contributed by atoms with van der Waals surface area (Å²) in [6, 6.07) is 9.43. The van der Waals surface area contributed by atoms with Crippen LogP contribution >= 0.6 is 11.6 Å². The molecule has 1 N–H and O–H groups in total. The molecule has 2 aromatic carbocycles. The first-order chi connectivity index (χ1) is 14.8. The van der Waals surface area contributed by atoms with E-state index in [4.69, 9.17) is 16.3 Å². The predicted octanol–water partition coefficient (Wildman–Crippen LogP) is 3.86. The van der Waals surface area contributed by atoms with Crippen molar-refractivity contribution in [2.45, 2.75) is 12.5 Å². The lowest BCUT2D eigenvalue weighted by Gasteiger charge is -2.26. The number of hydrogen-bond donors (Lipinski definition) is 1. The Morgan fingerprint density at radius 1 is 1.23 bits per heavy atom. The quantitative estimate of drug-likeness (QED) is 0.397. The Kier molecular flexibility index (Phi) is 6.97. The molecule has 8 heteroatoms. The van der Waals surface area contributed by atoms with Crippen LogP contribution in [0.5, 0.6) is 5.75 Å². The van der Waals surface area contributed by atoms with Gasteiger partial charge >= 0.3 is 0 Å². The lowest BCUT2D eigenvalue weighted by atomic mass is 9.94. The Morgan fingerprint density at radius 3 is 2.58 bits per heavy atom. The highest BCUT2D eigenvalue weighted by atomic mass is 35.5. The van der Waals surface area contributed by atoms with Crippen molar-refractivity contribution in [1.29, 1.82) is 0 Å². The number of aliphatic hydroxyl groups excluding tert-OH is 1. The third-order valence-electron chi connectivity index (χ3n) is 5.17. The average molecular weight is 447 g/mol. The Balaban J connectivity index is 2.17. The summed E-state index contributed by atoms with van der Waals surface area (Å²) >= 11 is 6.25. The average Bonchev–Trinajstić information content (AvgIpc) is 2.98. The molecule has 1 heterocycles. The first-order valence-electron chi connectivity index (χ1n) is 9.77. The summed E-state index contributed by atoms with van der Waals surface area (Å²) in [5.41, 5.74) is 0.0656. The van der Waals surface area contributed by atoms with Crippen molar-refractivity contribution >= 4 is 29.1 Å². The Bertz CT molecular complexity index is 1040. The molecule has 0 aliphatic carbocycles. The number of amides is 1. The predicted molar refractivity (Wildman–Crippen MR) is 117 cm³/mol. The van der Waals surface area contributed by atoms with E-state index in [1.54, 1.807) is 12.1 Å². The van der Waals surface area contributed by atoms with Gasteiger partial charge in [0.1, 0.15) is 17.3 Å². The van der Waals surface area contributed by atoms with Gasteiger partial charge < -0.3 is 19.6 Å². The molecule has 1 atom stereocenters. The van der Waals surface area contributed by atoms with Gasteiger partial charge in [0, 0.05) is 17.7 Å². The maximum absolute atomic E-state index is 14.7. The molecular formula is C23H24ClFN2O4. The highest BCUT2D eigenvalue weighted by Crippen LogP contribution is 2.41. The zero-order valence-corrected chi connectivity index (χ0v) is 18.3. The number of ketones is 1. The third kappa shape index (κ3) is 4.57. The monoisotopic (exact) mass is 446 g/mol. The molecule has 0 saturated carbocycles. The molecule has 6 nitrogen and oxygen atoms in total. The van der Waals surface area contributed by atoms with Gasteiger partial charge in [-0.05, 0) is 51.3 Å². The van der Waals surface area contributed by atoms with Crippen molar-refractivity contribution in [3.8, 4) is 5.75 Å². The Labute approximate surface area is 185 Å². The van der Waals surface area contributed by atoms with Crippen molar-refractivity contribution < 1.29 is 23.8 Å². The molecule has 1 aliphatic rings. The molecule has 0 aromatic heterocycles. The molecule has 1 aliphatic heterocycles. The normalized spacial score (nSPS) is 18.1. The maximum atomic E-state index is 14.7. The smallest absolute Gasteiger partial charge is 0.295 e. The van der Waals surface area contributed by atoms with E-state index in [9.17, 15) is 19.1 Å². The van der Waals surface area contributed by atoms with Crippen molar-refractivity contribution in [1.82, 2.24) is 9.80 Å². The first kappa shape index (κ1) is 22.8. The van der Waals surface area contributed by atoms with Gasteiger partial charge in [0.05, 0.1) is 23.7 Å². The molecule has 0 spiro atoms. The molecule has 0 bridgehead atoms. The minimum Gasteiger partial charge on any atom is -0.507 e. The SMILES string of the molecule is COc1ccc(Cl)c(/C(O)=C2\C(=O)C(=O)N(CCCN(C)C)C2c2ccccc2F)c1. The third-order valence-corrected chi connectivity index (χ3v) is 5.50. The number of aliphatic hydroxyl groups is 1. The van der Waals surface area contributed by atoms with E-state index >= 15 is 0 Å². The van der Waals surface area contributed by atoms with Crippen molar-refractivity contribution in [3.63, 3.8) is 0 Å². The van der Waals surface area contributed by atoms with Gasteiger partial charge in [-0.25, -0.2) is 4.39 Å². The van der Waals surface area contributed by atoms with Crippen LogP contribution in [0.4, 0.5) is 4.39 Å². The summed E-state index contributed by atoms with van der Waals surface area (Å²) in [4.78, 5) is 29.1. The van der Waals surface area contributed by atoms with E-state index in [0.29, 0.717) is 18.7 Å². The molecule has 0 radical (unpaired) electrons. The van der Waals surface area contributed by atoms with Crippen LogP contribution in [0.15, 0.2) is 48.0 Å². The molecule has 164 valence electrons. The van der Waals surface area contributed by atoms with Crippen LogP contribution in [0.2, 0.25) is 5.02 Å². The topological polar surface area (TPSA) is 70.1 Å². The summed E-state index contributed by atoms with van der Waals surface area (Å²) in [6.45, 7) is 0.902. The number of nitrogens with zero attached hydrogens (tertiary/aromatic N) is 2. The number of likely N-dealkylation sites (tertiary alicyclic amines) is 1. The molecule has 2 aromatic rings. The van der Waals surface area contributed by atoms with Crippen LogP contribution in [-0.4, -0.2) is 60.9 Å². The van der Waals surface area contributed by atoms with Gasteiger partial charge in [0.15, 0.2) is 0 Å². The van der Waals surface area contributed by atoms with Crippen molar-refractivity contribution in [3.05, 3.63) is 70.0 Å².